The molecule has 1 fully saturated rings. The van der Waals surface area contributed by atoms with Gasteiger partial charge in [-0.05, 0) is 25.9 Å². The summed E-state index contributed by atoms with van der Waals surface area (Å²) < 4.78 is 0. The molecule has 0 bridgehead atoms. The first-order chi connectivity index (χ1) is 5.84. The molecule has 0 aromatic carbocycles. The number of hydrogen-bond acceptors (Lipinski definition) is 2. The van der Waals surface area contributed by atoms with E-state index in [1.54, 1.807) is 0 Å². The highest BCUT2D eigenvalue weighted by atomic mass is 16.1. The zero-order valence-electron chi connectivity index (χ0n) is 9.42. The highest BCUT2D eigenvalue weighted by molar-refractivity contribution is 5.89. The van der Waals surface area contributed by atoms with Gasteiger partial charge in [0.15, 0.2) is 5.78 Å². The zero-order chi connectivity index (χ0) is 10.2. The van der Waals surface area contributed by atoms with Crippen molar-refractivity contribution in [1.82, 2.24) is 4.90 Å². The first-order valence-corrected chi connectivity index (χ1v) is 5.08. The first-order valence-electron chi connectivity index (χ1n) is 5.08. The maximum Gasteiger partial charge on any atom is 0.155 e. The molecule has 1 saturated heterocycles. The predicted molar refractivity (Wildman–Crippen MR) is 54.7 cm³/mol. The molecule has 0 spiro atoms. The fourth-order valence-electron chi connectivity index (χ4n) is 2.04. The van der Waals surface area contributed by atoms with E-state index in [1.807, 2.05) is 20.8 Å². The Bertz CT molecular complexity index is 195. The molecule has 1 heterocycles. The summed E-state index contributed by atoms with van der Waals surface area (Å²) in [6.45, 7) is 9.27. The van der Waals surface area contributed by atoms with Crippen LogP contribution in [-0.4, -0.2) is 30.3 Å². The van der Waals surface area contributed by atoms with Crippen molar-refractivity contribution in [2.45, 2.75) is 40.2 Å². The Morgan fingerprint density at radius 1 is 1.38 bits per heavy atom. The smallest absolute Gasteiger partial charge is 0.155 e. The van der Waals surface area contributed by atoms with E-state index >= 15 is 0 Å². The van der Waals surface area contributed by atoms with E-state index in [9.17, 15) is 4.79 Å². The van der Waals surface area contributed by atoms with Crippen LogP contribution in [0.15, 0.2) is 0 Å². The summed E-state index contributed by atoms with van der Waals surface area (Å²) in [6.07, 6.45) is 1.16. The molecule has 2 nitrogen and oxygen atoms in total. The molecular formula is C11H21NO. The topological polar surface area (TPSA) is 20.3 Å². The van der Waals surface area contributed by atoms with Gasteiger partial charge >= 0.3 is 0 Å². The van der Waals surface area contributed by atoms with Crippen LogP contribution >= 0.6 is 0 Å². The fourth-order valence-corrected chi connectivity index (χ4v) is 2.04. The number of likely N-dealkylation sites (N-methyl/N-ethyl adjacent to an activating group) is 1. The summed E-state index contributed by atoms with van der Waals surface area (Å²) >= 11 is 0. The van der Waals surface area contributed by atoms with Crippen molar-refractivity contribution in [3.8, 4) is 0 Å². The third-order valence-corrected chi connectivity index (χ3v) is 2.96. The second-order valence-electron chi connectivity index (χ2n) is 5.31. The third-order valence-electron chi connectivity index (χ3n) is 2.96. The average molecular weight is 183 g/mol. The highest BCUT2D eigenvalue weighted by Crippen LogP contribution is 2.29. The van der Waals surface area contributed by atoms with Gasteiger partial charge in [0, 0.05) is 5.41 Å². The average Bonchev–Trinajstić information content (AvgIpc) is 2.28. The van der Waals surface area contributed by atoms with Gasteiger partial charge in [0.1, 0.15) is 0 Å². The molecule has 1 aliphatic heterocycles. The van der Waals surface area contributed by atoms with Crippen LogP contribution in [0.1, 0.15) is 34.1 Å². The number of carbonyl (C=O) groups is 1. The number of hydrogen-bond donors (Lipinski definition) is 0. The van der Waals surface area contributed by atoms with E-state index < -0.39 is 0 Å². The van der Waals surface area contributed by atoms with E-state index in [1.165, 1.54) is 0 Å². The van der Waals surface area contributed by atoms with Crippen LogP contribution in [0.4, 0.5) is 0 Å². The lowest BCUT2D eigenvalue weighted by Gasteiger charge is -2.28. The minimum atomic E-state index is -0.197. The minimum Gasteiger partial charge on any atom is -0.297 e. The number of ketones is 1. The Balaban J connectivity index is 2.76. The quantitative estimate of drug-likeness (QED) is 0.619. The predicted octanol–water partition coefficient (Wildman–Crippen LogP) is 1.94. The molecule has 1 rings (SSSR count). The molecule has 2 unspecified atom stereocenters. The molecular weight excluding hydrogens is 162 g/mol. The zero-order valence-corrected chi connectivity index (χ0v) is 9.42. The summed E-state index contributed by atoms with van der Waals surface area (Å²) in [5.41, 5.74) is -0.197. The van der Waals surface area contributed by atoms with Crippen LogP contribution < -0.4 is 0 Å². The van der Waals surface area contributed by atoms with E-state index in [0.29, 0.717) is 11.7 Å². The minimum absolute atomic E-state index is 0.153. The lowest BCUT2D eigenvalue weighted by molar-refractivity contribution is -0.131. The molecule has 0 aliphatic carbocycles. The monoisotopic (exact) mass is 183 g/mol. The van der Waals surface area contributed by atoms with Crippen molar-refractivity contribution in [2.24, 2.45) is 11.3 Å². The van der Waals surface area contributed by atoms with Gasteiger partial charge in [-0.2, -0.15) is 0 Å². The number of rotatable bonds is 1. The summed E-state index contributed by atoms with van der Waals surface area (Å²) in [5.74, 6) is 0.914. The van der Waals surface area contributed by atoms with Crippen molar-refractivity contribution in [3.05, 3.63) is 0 Å². The SMILES string of the molecule is CC1CCN(C)C1C(=O)C(C)(C)C. The van der Waals surface area contributed by atoms with E-state index in [-0.39, 0.29) is 11.5 Å². The van der Waals surface area contributed by atoms with Gasteiger partial charge in [0.05, 0.1) is 6.04 Å². The molecule has 0 aromatic rings. The molecule has 1 aliphatic rings. The lowest BCUT2D eigenvalue weighted by Crippen LogP contribution is -2.42. The number of nitrogens with zero attached hydrogens (tertiary/aromatic N) is 1. The van der Waals surface area contributed by atoms with Crippen molar-refractivity contribution in [3.63, 3.8) is 0 Å². The van der Waals surface area contributed by atoms with Gasteiger partial charge in [0.2, 0.25) is 0 Å². The Hall–Kier alpha value is -0.370. The van der Waals surface area contributed by atoms with Gasteiger partial charge < -0.3 is 0 Å². The van der Waals surface area contributed by atoms with Crippen LogP contribution in [0.25, 0.3) is 0 Å². The molecule has 0 aromatic heterocycles. The van der Waals surface area contributed by atoms with Gasteiger partial charge in [-0.15, -0.1) is 0 Å². The maximum absolute atomic E-state index is 12.0. The van der Waals surface area contributed by atoms with E-state index in [4.69, 9.17) is 0 Å². The molecule has 0 N–H and O–H groups in total. The van der Waals surface area contributed by atoms with Crippen molar-refractivity contribution < 1.29 is 4.79 Å². The summed E-state index contributed by atoms with van der Waals surface area (Å²) in [6, 6.07) is 0.153. The Morgan fingerprint density at radius 2 is 1.92 bits per heavy atom. The van der Waals surface area contributed by atoms with Gasteiger partial charge in [0.25, 0.3) is 0 Å². The summed E-state index contributed by atoms with van der Waals surface area (Å²) in [5, 5.41) is 0. The molecule has 13 heavy (non-hydrogen) atoms. The Morgan fingerprint density at radius 3 is 2.23 bits per heavy atom. The molecule has 2 heteroatoms. The van der Waals surface area contributed by atoms with E-state index in [2.05, 4.69) is 18.9 Å². The third kappa shape index (κ3) is 2.11. The Labute approximate surface area is 81.3 Å². The van der Waals surface area contributed by atoms with Gasteiger partial charge in [-0.3, -0.25) is 9.69 Å². The number of carbonyl (C=O) groups excluding carboxylic acids is 1. The molecule has 76 valence electrons. The summed E-state index contributed by atoms with van der Waals surface area (Å²) in [7, 11) is 2.05. The van der Waals surface area contributed by atoms with Crippen LogP contribution in [0, 0.1) is 11.3 Å². The van der Waals surface area contributed by atoms with Crippen LogP contribution in [-0.2, 0) is 4.79 Å². The largest absolute Gasteiger partial charge is 0.297 e. The van der Waals surface area contributed by atoms with Gasteiger partial charge in [-0.1, -0.05) is 27.7 Å². The fraction of sp³-hybridized carbons (Fsp3) is 0.909. The molecule has 0 saturated carbocycles. The summed E-state index contributed by atoms with van der Waals surface area (Å²) in [4.78, 5) is 14.2. The van der Waals surface area contributed by atoms with Crippen molar-refractivity contribution in [2.75, 3.05) is 13.6 Å². The molecule has 0 radical (unpaired) electrons. The van der Waals surface area contributed by atoms with Crippen molar-refractivity contribution >= 4 is 5.78 Å². The van der Waals surface area contributed by atoms with Crippen molar-refractivity contribution in [1.29, 1.82) is 0 Å². The van der Waals surface area contributed by atoms with Crippen LogP contribution in [0.2, 0.25) is 0 Å². The Kier molecular flexibility index (Phi) is 2.81. The van der Waals surface area contributed by atoms with Crippen LogP contribution in [0.5, 0.6) is 0 Å². The highest BCUT2D eigenvalue weighted by Gasteiger charge is 2.39. The number of likely N-dealkylation sites (tertiary alicyclic amines) is 1. The standard InChI is InChI=1S/C11H21NO/c1-8-6-7-12(5)9(8)10(13)11(2,3)4/h8-9H,6-7H2,1-5H3. The van der Waals surface area contributed by atoms with E-state index in [0.717, 1.165) is 13.0 Å². The second kappa shape index (κ2) is 3.41. The van der Waals surface area contributed by atoms with Gasteiger partial charge in [-0.25, -0.2) is 0 Å². The van der Waals surface area contributed by atoms with Crippen LogP contribution in [0.3, 0.4) is 0 Å². The maximum atomic E-state index is 12.0. The lowest BCUT2D eigenvalue weighted by atomic mass is 9.82. The molecule has 2 atom stereocenters. The number of Topliss-reactive ketones (excluding diaryl/α,β-unsaturated/α-hetero) is 1. The second-order valence-corrected chi connectivity index (χ2v) is 5.31. The molecule has 0 amide bonds. The normalized spacial score (nSPS) is 30.8. The first kappa shape index (κ1) is 10.7.